The highest BCUT2D eigenvalue weighted by Crippen LogP contribution is 2.41. The van der Waals surface area contributed by atoms with E-state index in [0.29, 0.717) is 0 Å². The summed E-state index contributed by atoms with van der Waals surface area (Å²) in [7, 11) is 0. The van der Waals surface area contributed by atoms with Crippen molar-refractivity contribution in [3.05, 3.63) is 45.1 Å². The van der Waals surface area contributed by atoms with Crippen LogP contribution in [0.4, 0.5) is 18.9 Å². The molecule has 0 fully saturated rings. The van der Waals surface area contributed by atoms with Gasteiger partial charge in [-0.05, 0) is 60.5 Å². The summed E-state index contributed by atoms with van der Waals surface area (Å²) in [5.41, 5.74) is -2.22. The molecular formula is C14H11ClF3NS2. The summed E-state index contributed by atoms with van der Waals surface area (Å²) in [6.45, 7) is 0. The van der Waals surface area contributed by atoms with Crippen molar-refractivity contribution in [2.75, 3.05) is 5.32 Å². The van der Waals surface area contributed by atoms with Crippen molar-refractivity contribution < 1.29 is 13.2 Å². The summed E-state index contributed by atoms with van der Waals surface area (Å²) in [4.78, 5) is 1.49. The van der Waals surface area contributed by atoms with E-state index < -0.39 is 5.51 Å². The predicted molar refractivity (Wildman–Crippen MR) is 82.4 cm³/mol. The fourth-order valence-corrected chi connectivity index (χ4v) is 4.33. The molecular weight excluding hydrogens is 339 g/mol. The molecule has 0 saturated carbocycles. The zero-order valence-electron chi connectivity index (χ0n) is 10.7. The zero-order chi connectivity index (χ0) is 15.0. The number of hydrogen-bond acceptors (Lipinski definition) is 3. The second-order valence-corrected chi connectivity index (χ2v) is 7.64. The maximum Gasteiger partial charge on any atom is 0.446 e. The maximum absolute atomic E-state index is 12.3. The van der Waals surface area contributed by atoms with Crippen LogP contribution in [-0.4, -0.2) is 5.51 Å². The van der Waals surface area contributed by atoms with Gasteiger partial charge in [-0.3, -0.25) is 0 Å². The Bertz CT molecular complexity index is 637. The van der Waals surface area contributed by atoms with Crippen LogP contribution in [0.5, 0.6) is 0 Å². The molecule has 21 heavy (non-hydrogen) atoms. The summed E-state index contributed by atoms with van der Waals surface area (Å²) < 4.78 is 37.6. The molecule has 0 spiro atoms. The fourth-order valence-electron chi connectivity index (χ4n) is 2.43. The Kier molecular flexibility index (Phi) is 4.12. The van der Waals surface area contributed by atoms with E-state index in [9.17, 15) is 13.2 Å². The van der Waals surface area contributed by atoms with Gasteiger partial charge in [0.05, 0.1) is 10.4 Å². The second-order valence-electron chi connectivity index (χ2n) is 4.74. The van der Waals surface area contributed by atoms with Gasteiger partial charge in [0.15, 0.2) is 0 Å². The Labute approximate surface area is 133 Å². The molecule has 112 valence electrons. The second kappa shape index (κ2) is 5.74. The average Bonchev–Trinajstić information content (AvgIpc) is 2.91. The number of aryl methyl sites for hydroxylation is 1. The van der Waals surface area contributed by atoms with Crippen molar-refractivity contribution in [2.45, 2.75) is 29.3 Å². The molecule has 1 heterocycles. The third-order valence-corrected chi connectivity index (χ3v) is 5.35. The number of thioether (sulfide) groups is 1. The molecule has 1 nitrogen and oxygen atoms in total. The standard InChI is InChI=1S/C14H11ClF3NS2/c15-13-7-10-11(5-6-12(10)20-13)19-8-1-3-9(4-2-8)21-14(16,17)18/h1-4,7,11,19H,5-6H2. The molecule has 0 radical (unpaired) electrons. The first-order chi connectivity index (χ1) is 9.90. The van der Waals surface area contributed by atoms with Crippen molar-refractivity contribution in [3.8, 4) is 0 Å². The summed E-state index contributed by atoms with van der Waals surface area (Å²) >= 11 is 7.51. The van der Waals surface area contributed by atoms with Crippen LogP contribution in [0.3, 0.4) is 0 Å². The molecule has 1 aliphatic rings. The van der Waals surface area contributed by atoms with Crippen LogP contribution < -0.4 is 5.32 Å². The molecule has 0 saturated heterocycles. The molecule has 1 aromatic heterocycles. The van der Waals surface area contributed by atoms with Crippen LogP contribution in [-0.2, 0) is 6.42 Å². The molecule has 1 N–H and O–H groups in total. The van der Waals surface area contributed by atoms with Crippen LogP contribution >= 0.6 is 34.7 Å². The van der Waals surface area contributed by atoms with E-state index in [-0.39, 0.29) is 22.7 Å². The molecule has 0 aliphatic heterocycles. The Morgan fingerprint density at radius 3 is 2.62 bits per heavy atom. The molecule has 3 rings (SSSR count). The SMILES string of the molecule is FC(F)(F)Sc1ccc(NC2CCc3sc(Cl)cc32)cc1. The van der Waals surface area contributed by atoms with Crippen LogP contribution in [0.15, 0.2) is 35.2 Å². The van der Waals surface area contributed by atoms with Gasteiger partial charge in [-0.25, -0.2) is 0 Å². The Hall–Kier alpha value is -0.850. The summed E-state index contributed by atoms with van der Waals surface area (Å²) in [5.74, 6) is 0. The van der Waals surface area contributed by atoms with Gasteiger partial charge in [-0.1, -0.05) is 11.6 Å². The smallest absolute Gasteiger partial charge is 0.378 e. The summed E-state index contributed by atoms with van der Waals surface area (Å²) in [6.07, 6.45) is 1.98. The van der Waals surface area contributed by atoms with Gasteiger partial charge < -0.3 is 5.32 Å². The number of thiophene rings is 1. The molecule has 1 unspecified atom stereocenters. The Morgan fingerprint density at radius 1 is 1.24 bits per heavy atom. The largest absolute Gasteiger partial charge is 0.446 e. The molecule has 0 amide bonds. The Morgan fingerprint density at radius 2 is 1.95 bits per heavy atom. The molecule has 2 aromatic rings. The highest BCUT2D eigenvalue weighted by molar-refractivity contribution is 8.00. The van der Waals surface area contributed by atoms with Crippen LogP contribution in [0.1, 0.15) is 22.9 Å². The molecule has 1 atom stereocenters. The monoisotopic (exact) mass is 349 g/mol. The predicted octanol–water partition coefficient (Wildman–Crippen LogP) is 6.11. The van der Waals surface area contributed by atoms with E-state index in [2.05, 4.69) is 5.32 Å². The fraction of sp³-hybridized carbons (Fsp3) is 0.286. The molecule has 0 bridgehead atoms. The number of alkyl halides is 3. The lowest BCUT2D eigenvalue weighted by molar-refractivity contribution is -0.0328. The van der Waals surface area contributed by atoms with Gasteiger partial charge in [0.2, 0.25) is 0 Å². The first-order valence-electron chi connectivity index (χ1n) is 6.31. The van der Waals surface area contributed by atoms with Crippen molar-refractivity contribution in [3.63, 3.8) is 0 Å². The van der Waals surface area contributed by atoms with Gasteiger partial charge in [0.1, 0.15) is 0 Å². The highest BCUT2D eigenvalue weighted by atomic mass is 35.5. The number of anilines is 1. The number of rotatable bonds is 3. The third kappa shape index (κ3) is 3.67. The zero-order valence-corrected chi connectivity index (χ0v) is 13.1. The summed E-state index contributed by atoms with van der Waals surface area (Å²) in [5, 5.41) is 3.36. The lowest BCUT2D eigenvalue weighted by Crippen LogP contribution is -2.06. The quantitative estimate of drug-likeness (QED) is 0.670. The van der Waals surface area contributed by atoms with Gasteiger partial charge in [-0.15, -0.1) is 11.3 Å². The lowest BCUT2D eigenvalue weighted by Gasteiger charge is -2.15. The van der Waals surface area contributed by atoms with Gasteiger partial charge in [0.25, 0.3) is 0 Å². The van der Waals surface area contributed by atoms with Gasteiger partial charge >= 0.3 is 5.51 Å². The minimum Gasteiger partial charge on any atom is -0.378 e. The Balaban J connectivity index is 1.69. The van der Waals surface area contributed by atoms with Gasteiger partial charge in [-0.2, -0.15) is 13.2 Å². The molecule has 7 heteroatoms. The topological polar surface area (TPSA) is 12.0 Å². The first kappa shape index (κ1) is 15.1. The minimum atomic E-state index is -4.25. The van der Waals surface area contributed by atoms with Crippen LogP contribution in [0.25, 0.3) is 0 Å². The van der Waals surface area contributed by atoms with Gasteiger partial charge in [0, 0.05) is 15.5 Å². The number of benzene rings is 1. The third-order valence-electron chi connectivity index (χ3n) is 3.28. The highest BCUT2D eigenvalue weighted by Gasteiger charge is 2.29. The molecule has 1 aromatic carbocycles. The number of hydrogen-bond donors (Lipinski definition) is 1. The summed E-state index contributed by atoms with van der Waals surface area (Å²) in [6, 6.07) is 8.48. The molecule has 1 aliphatic carbocycles. The van der Waals surface area contributed by atoms with Crippen LogP contribution in [0.2, 0.25) is 4.34 Å². The van der Waals surface area contributed by atoms with Crippen molar-refractivity contribution in [1.82, 2.24) is 0 Å². The lowest BCUT2D eigenvalue weighted by atomic mass is 10.1. The number of nitrogens with one attached hydrogen (secondary N) is 1. The maximum atomic E-state index is 12.3. The normalized spacial score (nSPS) is 17.8. The van der Waals surface area contributed by atoms with E-state index in [1.54, 1.807) is 23.5 Å². The van der Waals surface area contributed by atoms with E-state index in [1.165, 1.54) is 22.6 Å². The van der Waals surface area contributed by atoms with E-state index in [1.807, 2.05) is 6.07 Å². The van der Waals surface area contributed by atoms with Crippen molar-refractivity contribution in [2.24, 2.45) is 0 Å². The van der Waals surface area contributed by atoms with Crippen LogP contribution in [0, 0.1) is 0 Å². The van der Waals surface area contributed by atoms with Crippen molar-refractivity contribution >= 4 is 40.4 Å². The van der Waals surface area contributed by atoms with Crippen molar-refractivity contribution in [1.29, 1.82) is 0 Å². The number of fused-ring (bicyclic) bond motifs is 1. The van der Waals surface area contributed by atoms with E-state index in [0.717, 1.165) is 22.9 Å². The average molecular weight is 350 g/mol. The number of halogens is 4. The first-order valence-corrected chi connectivity index (χ1v) is 8.32. The minimum absolute atomic E-state index is 0.0995. The van der Waals surface area contributed by atoms with E-state index in [4.69, 9.17) is 11.6 Å². The van der Waals surface area contributed by atoms with E-state index >= 15 is 0 Å².